The maximum atomic E-state index is 11.3. The van der Waals surface area contributed by atoms with Gasteiger partial charge in [0.15, 0.2) is 5.78 Å². The molecule has 0 fully saturated rings. The number of carbonyl (C=O) groups is 2. The zero-order valence-corrected chi connectivity index (χ0v) is 9.95. The van der Waals surface area contributed by atoms with Gasteiger partial charge in [-0.3, -0.25) is 14.9 Å². The van der Waals surface area contributed by atoms with Crippen molar-refractivity contribution in [3.05, 3.63) is 32.7 Å². The number of carbonyl (C=O) groups excluding carboxylic acids is 2. The second kappa shape index (κ2) is 5.35. The number of thiophene rings is 1. The van der Waals surface area contributed by atoms with E-state index in [-0.39, 0.29) is 10.6 Å². The molecule has 1 aromatic rings. The van der Waals surface area contributed by atoms with Crippen molar-refractivity contribution >= 4 is 34.2 Å². The van der Waals surface area contributed by atoms with Gasteiger partial charge in [-0.1, -0.05) is 11.3 Å². The highest BCUT2D eigenvalue weighted by Gasteiger charge is 2.16. The van der Waals surface area contributed by atoms with Gasteiger partial charge in [0.1, 0.15) is 5.57 Å². The molecule has 6 nitrogen and oxygen atoms in total. The van der Waals surface area contributed by atoms with E-state index in [2.05, 4.69) is 4.74 Å². The lowest BCUT2D eigenvalue weighted by Gasteiger charge is -1.99. The third kappa shape index (κ3) is 3.22. The molecule has 0 aliphatic carbocycles. The van der Waals surface area contributed by atoms with Crippen molar-refractivity contribution in [2.75, 3.05) is 7.11 Å². The van der Waals surface area contributed by atoms with Gasteiger partial charge in [0.2, 0.25) is 0 Å². The van der Waals surface area contributed by atoms with E-state index < -0.39 is 16.7 Å². The number of ether oxygens (including phenoxy) is 1. The average Bonchev–Trinajstić information content (AvgIpc) is 2.73. The summed E-state index contributed by atoms with van der Waals surface area (Å²) in [6.07, 6.45) is 1.28. The van der Waals surface area contributed by atoms with Crippen molar-refractivity contribution in [2.24, 2.45) is 0 Å². The molecule has 0 bridgehead atoms. The lowest BCUT2D eigenvalue weighted by atomic mass is 10.1. The number of rotatable bonds is 4. The van der Waals surface area contributed by atoms with E-state index in [0.29, 0.717) is 4.88 Å². The summed E-state index contributed by atoms with van der Waals surface area (Å²) >= 11 is 0.879. The van der Waals surface area contributed by atoms with Gasteiger partial charge in [-0.25, -0.2) is 4.79 Å². The Bertz CT molecular complexity index is 503. The minimum Gasteiger partial charge on any atom is -0.465 e. The maximum Gasteiger partial charge on any atom is 0.341 e. The summed E-state index contributed by atoms with van der Waals surface area (Å²) in [6, 6.07) is 2.78. The normalized spacial score (nSPS) is 11.1. The van der Waals surface area contributed by atoms with Crippen LogP contribution >= 0.6 is 11.3 Å². The Kier molecular flexibility index (Phi) is 4.11. The van der Waals surface area contributed by atoms with Gasteiger partial charge in [0, 0.05) is 10.9 Å². The van der Waals surface area contributed by atoms with Crippen LogP contribution in [0.15, 0.2) is 17.7 Å². The van der Waals surface area contributed by atoms with Crippen LogP contribution in [-0.2, 0) is 14.3 Å². The number of esters is 1. The number of ketones is 1. The van der Waals surface area contributed by atoms with Crippen LogP contribution in [0, 0.1) is 10.1 Å². The Labute approximate surface area is 101 Å². The monoisotopic (exact) mass is 255 g/mol. The molecule has 1 heterocycles. The van der Waals surface area contributed by atoms with Crippen molar-refractivity contribution in [2.45, 2.75) is 6.92 Å². The first-order valence-electron chi connectivity index (χ1n) is 4.51. The van der Waals surface area contributed by atoms with Crippen LogP contribution in [0.3, 0.4) is 0 Å². The third-order valence-electron chi connectivity index (χ3n) is 1.86. The highest BCUT2D eigenvalue weighted by Crippen LogP contribution is 2.26. The van der Waals surface area contributed by atoms with Crippen LogP contribution in [0.5, 0.6) is 0 Å². The molecule has 0 amide bonds. The predicted octanol–water partition coefficient (Wildman–Crippen LogP) is 1.80. The van der Waals surface area contributed by atoms with E-state index in [1.54, 1.807) is 0 Å². The van der Waals surface area contributed by atoms with Crippen molar-refractivity contribution in [1.82, 2.24) is 0 Å². The average molecular weight is 255 g/mol. The molecule has 0 aliphatic rings. The van der Waals surface area contributed by atoms with Gasteiger partial charge in [-0.15, -0.1) is 0 Å². The molecule has 0 N–H and O–H groups in total. The molecule has 1 aromatic heterocycles. The van der Waals surface area contributed by atoms with Gasteiger partial charge >= 0.3 is 11.0 Å². The Balaban J connectivity index is 3.09. The molecule has 17 heavy (non-hydrogen) atoms. The highest BCUT2D eigenvalue weighted by molar-refractivity contribution is 7.16. The SMILES string of the molecule is COC(=O)/C(=C\c1ccc([N+](=O)[O-])s1)C(C)=O. The van der Waals surface area contributed by atoms with Gasteiger partial charge < -0.3 is 4.74 Å². The van der Waals surface area contributed by atoms with Crippen LogP contribution in [-0.4, -0.2) is 23.8 Å². The van der Waals surface area contributed by atoms with Gasteiger partial charge in [-0.2, -0.15) is 0 Å². The summed E-state index contributed by atoms with van der Waals surface area (Å²) in [4.78, 5) is 32.8. The van der Waals surface area contributed by atoms with Crippen molar-refractivity contribution in [1.29, 1.82) is 0 Å². The summed E-state index contributed by atoms with van der Waals surface area (Å²) in [5, 5.41) is 10.4. The fourth-order valence-electron chi connectivity index (χ4n) is 1.07. The summed E-state index contributed by atoms with van der Waals surface area (Å²) in [5.74, 6) is -1.21. The lowest BCUT2D eigenvalue weighted by Crippen LogP contribution is -2.11. The van der Waals surface area contributed by atoms with Crippen LogP contribution in [0.1, 0.15) is 11.8 Å². The Hall–Kier alpha value is -2.02. The molecular weight excluding hydrogens is 246 g/mol. The largest absolute Gasteiger partial charge is 0.465 e. The number of methoxy groups -OCH3 is 1. The molecule has 0 unspecified atom stereocenters. The Morgan fingerprint density at radius 1 is 1.47 bits per heavy atom. The molecule has 0 spiro atoms. The first-order valence-corrected chi connectivity index (χ1v) is 5.32. The Morgan fingerprint density at radius 3 is 2.53 bits per heavy atom. The molecule has 90 valence electrons. The molecule has 7 heteroatoms. The second-order valence-electron chi connectivity index (χ2n) is 3.04. The highest BCUT2D eigenvalue weighted by atomic mass is 32.1. The number of hydrogen-bond acceptors (Lipinski definition) is 6. The number of hydrogen-bond donors (Lipinski definition) is 0. The minimum absolute atomic E-state index is 0.0518. The van der Waals surface area contributed by atoms with Gasteiger partial charge in [-0.05, 0) is 19.1 Å². The van der Waals surface area contributed by atoms with Crippen molar-refractivity contribution in [3.8, 4) is 0 Å². The summed E-state index contributed by atoms with van der Waals surface area (Å²) in [7, 11) is 1.16. The van der Waals surface area contributed by atoms with E-state index in [9.17, 15) is 19.7 Å². The molecule has 0 radical (unpaired) electrons. The molecule has 1 rings (SSSR count). The van der Waals surface area contributed by atoms with Crippen LogP contribution in [0.25, 0.3) is 6.08 Å². The van der Waals surface area contributed by atoms with Crippen LogP contribution in [0.2, 0.25) is 0 Å². The fraction of sp³-hybridized carbons (Fsp3) is 0.200. The van der Waals surface area contributed by atoms with Crippen LogP contribution < -0.4 is 0 Å². The zero-order valence-electron chi connectivity index (χ0n) is 9.13. The number of nitro groups is 1. The number of nitrogens with zero attached hydrogens (tertiary/aromatic N) is 1. The third-order valence-corrected chi connectivity index (χ3v) is 2.85. The summed E-state index contributed by atoms with van der Waals surface area (Å²) in [5.41, 5.74) is -0.135. The molecule has 0 atom stereocenters. The van der Waals surface area contributed by atoms with E-state index >= 15 is 0 Å². The molecular formula is C10H9NO5S. The van der Waals surface area contributed by atoms with E-state index in [4.69, 9.17) is 0 Å². The second-order valence-corrected chi connectivity index (χ2v) is 4.13. The summed E-state index contributed by atoms with van der Waals surface area (Å²) < 4.78 is 4.44. The molecule has 0 saturated heterocycles. The fourth-order valence-corrected chi connectivity index (χ4v) is 1.84. The van der Waals surface area contributed by atoms with E-state index in [0.717, 1.165) is 18.4 Å². The maximum absolute atomic E-state index is 11.3. The molecule has 0 aromatic carbocycles. The van der Waals surface area contributed by atoms with Crippen molar-refractivity contribution in [3.63, 3.8) is 0 Å². The smallest absolute Gasteiger partial charge is 0.341 e. The van der Waals surface area contributed by atoms with Gasteiger partial charge in [0.25, 0.3) is 0 Å². The van der Waals surface area contributed by atoms with E-state index in [1.807, 2.05) is 0 Å². The number of Topliss-reactive ketones (excluding diaryl/α,β-unsaturated/α-hetero) is 1. The quantitative estimate of drug-likeness (QED) is 0.204. The molecule has 0 aliphatic heterocycles. The first-order chi connectivity index (χ1) is 7.95. The standard InChI is InChI=1S/C10H9NO5S/c1-6(12)8(10(13)16-2)5-7-3-4-9(17-7)11(14)15/h3-5H,1-2H3/b8-5-. The summed E-state index contributed by atoms with van der Waals surface area (Å²) in [6.45, 7) is 1.23. The predicted molar refractivity (Wildman–Crippen MR) is 61.6 cm³/mol. The molecule has 0 saturated carbocycles. The van der Waals surface area contributed by atoms with Crippen LogP contribution in [0.4, 0.5) is 5.00 Å². The Morgan fingerprint density at radius 2 is 2.12 bits per heavy atom. The topological polar surface area (TPSA) is 86.5 Å². The zero-order chi connectivity index (χ0) is 13.0. The van der Waals surface area contributed by atoms with E-state index in [1.165, 1.54) is 25.1 Å². The first kappa shape index (κ1) is 13.0. The minimum atomic E-state index is -0.756. The van der Waals surface area contributed by atoms with Gasteiger partial charge in [0.05, 0.1) is 12.0 Å². The lowest BCUT2D eigenvalue weighted by molar-refractivity contribution is -0.380. The van der Waals surface area contributed by atoms with Crippen molar-refractivity contribution < 1.29 is 19.2 Å².